The van der Waals surface area contributed by atoms with Gasteiger partial charge in [0.2, 0.25) is 5.95 Å². The Labute approximate surface area is 291 Å². The third-order valence-corrected chi connectivity index (χ3v) is 11.3. The smallest absolute Gasteiger partial charge is 0.235 e. The lowest BCUT2D eigenvalue weighted by molar-refractivity contribution is 0.996. The molecule has 0 amide bonds. The van der Waals surface area contributed by atoms with E-state index < -0.39 is 0 Å². The molecule has 0 bridgehead atoms. The number of hydrogen-bond donors (Lipinski definition) is 0. The van der Waals surface area contributed by atoms with Crippen LogP contribution in [0.5, 0.6) is 0 Å². The molecule has 3 nitrogen and oxygen atoms in total. The number of hydrogen-bond acceptors (Lipinski definition) is 3. The van der Waals surface area contributed by atoms with E-state index in [9.17, 15) is 0 Å². The van der Waals surface area contributed by atoms with E-state index in [0.717, 1.165) is 33.5 Å². The Morgan fingerprint density at radius 1 is 0.340 bits per heavy atom. The number of fused-ring (bicyclic) bond motifs is 12. The van der Waals surface area contributed by atoms with Gasteiger partial charge in [-0.2, -0.15) is 0 Å². The summed E-state index contributed by atoms with van der Waals surface area (Å²) in [6.07, 6.45) is 0. The summed E-state index contributed by atoms with van der Waals surface area (Å²) < 4.78 is 4.89. The van der Waals surface area contributed by atoms with Gasteiger partial charge in [-0.1, -0.05) is 121 Å². The van der Waals surface area contributed by atoms with Gasteiger partial charge in [0.05, 0.1) is 22.4 Å². The Morgan fingerprint density at radius 2 is 0.860 bits per heavy atom. The minimum absolute atomic E-state index is 0.660. The van der Waals surface area contributed by atoms with Crippen molar-refractivity contribution >= 4 is 85.6 Å². The molecule has 0 aliphatic heterocycles. The zero-order valence-corrected chi connectivity index (χ0v) is 27.7. The molecule has 0 atom stereocenters. The average Bonchev–Trinajstić information content (AvgIpc) is 3.72. The minimum atomic E-state index is 0.660. The molecule has 232 valence electrons. The molecule has 3 heterocycles. The molecule has 0 saturated heterocycles. The van der Waals surface area contributed by atoms with E-state index in [2.05, 4.69) is 156 Å². The number of nitrogens with zero attached hydrogens (tertiary/aromatic N) is 3. The maximum absolute atomic E-state index is 5.28. The Bertz CT molecular complexity index is 3080. The molecule has 0 aliphatic carbocycles. The summed E-state index contributed by atoms with van der Waals surface area (Å²) in [5, 5.41) is 12.6. The first-order valence-corrected chi connectivity index (χ1v) is 17.7. The van der Waals surface area contributed by atoms with E-state index in [-0.39, 0.29) is 0 Å². The molecule has 0 unspecified atom stereocenters. The lowest BCUT2D eigenvalue weighted by Crippen LogP contribution is -2.04. The maximum Gasteiger partial charge on any atom is 0.235 e. The van der Waals surface area contributed by atoms with Crippen molar-refractivity contribution in [2.45, 2.75) is 0 Å². The first-order valence-electron chi connectivity index (χ1n) is 16.9. The van der Waals surface area contributed by atoms with Gasteiger partial charge in [-0.3, -0.25) is 4.57 Å². The molecule has 4 heteroatoms. The van der Waals surface area contributed by atoms with Crippen molar-refractivity contribution in [3.63, 3.8) is 0 Å². The van der Waals surface area contributed by atoms with Gasteiger partial charge in [0.25, 0.3) is 0 Å². The first kappa shape index (κ1) is 27.6. The van der Waals surface area contributed by atoms with Crippen LogP contribution in [-0.2, 0) is 0 Å². The van der Waals surface area contributed by atoms with Gasteiger partial charge in [-0.25, -0.2) is 9.97 Å². The van der Waals surface area contributed by atoms with Crippen LogP contribution < -0.4 is 0 Å². The Kier molecular flexibility index (Phi) is 5.83. The van der Waals surface area contributed by atoms with E-state index in [4.69, 9.17) is 9.97 Å². The summed E-state index contributed by atoms with van der Waals surface area (Å²) in [5.74, 6) is 0.660. The van der Waals surface area contributed by atoms with Crippen LogP contribution in [0.25, 0.3) is 103 Å². The highest BCUT2D eigenvalue weighted by atomic mass is 32.1. The lowest BCUT2D eigenvalue weighted by atomic mass is 9.92. The van der Waals surface area contributed by atoms with Crippen molar-refractivity contribution in [1.29, 1.82) is 0 Å². The number of benzene rings is 8. The van der Waals surface area contributed by atoms with E-state index in [1.54, 1.807) is 0 Å². The molecule has 0 fully saturated rings. The molecule has 0 aliphatic rings. The van der Waals surface area contributed by atoms with Crippen LogP contribution in [0.1, 0.15) is 0 Å². The highest BCUT2D eigenvalue weighted by Crippen LogP contribution is 2.44. The number of para-hydroxylation sites is 1. The lowest BCUT2D eigenvalue weighted by Gasteiger charge is -2.13. The molecular weight excluding hydrogens is 627 g/mol. The van der Waals surface area contributed by atoms with Gasteiger partial charge in [-0.15, -0.1) is 11.3 Å². The van der Waals surface area contributed by atoms with Crippen LogP contribution in [0.3, 0.4) is 0 Å². The van der Waals surface area contributed by atoms with Crippen LogP contribution in [0.2, 0.25) is 0 Å². The van der Waals surface area contributed by atoms with Gasteiger partial charge in [0.1, 0.15) is 0 Å². The third-order valence-electron chi connectivity index (χ3n) is 10.2. The molecular formula is C46H27N3S. The Morgan fingerprint density at radius 3 is 1.54 bits per heavy atom. The second kappa shape index (κ2) is 10.6. The summed E-state index contributed by atoms with van der Waals surface area (Å²) >= 11 is 1.87. The predicted molar refractivity (Wildman–Crippen MR) is 213 cm³/mol. The summed E-state index contributed by atoms with van der Waals surface area (Å²) in [6, 6.07) is 58.8. The third kappa shape index (κ3) is 4.03. The second-order valence-electron chi connectivity index (χ2n) is 13.0. The van der Waals surface area contributed by atoms with Crippen molar-refractivity contribution in [2.24, 2.45) is 0 Å². The summed E-state index contributed by atoms with van der Waals surface area (Å²) in [7, 11) is 0. The topological polar surface area (TPSA) is 30.7 Å². The fourth-order valence-corrected chi connectivity index (χ4v) is 9.02. The zero-order chi connectivity index (χ0) is 32.8. The van der Waals surface area contributed by atoms with Crippen LogP contribution >= 0.6 is 11.3 Å². The molecule has 3 aromatic heterocycles. The number of thiophene rings is 1. The SMILES string of the molecule is c1ccc(-c2cc(-c3ccccc3)nc(-n3c4ccccc4c4cc5c6ccccc6c6cc7c(cc6c5cc43)sc3ccccc37)n2)cc1. The van der Waals surface area contributed by atoms with Gasteiger partial charge in [0, 0.05) is 42.1 Å². The maximum atomic E-state index is 5.28. The van der Waals surface area contributed by atoms with Crippen molar-refractivity contribution in [2.75, 3.05) is 0 Å². The highest BCUT2D eigenvalue weighted by Gasteiger charge is 2.20. The van der Waals surface area contributed by atoms with Crippen LogP contribution in [-0.4, -0.2) is 14.5 Å². The molecule has 50 heavy (non-hydrogen) atoms. The fraction of sp³-hybridized carbons (Fsp3) is 0. The van der Waals surface area contributed by atoms with Gasteiger partial charge >= 0.3 is 0 Å². The van der Waals surface area contributed by atoms with Crippen molar-refractivity contribution < 1.29 is 0 Å². The van der Waals surface area contributed by atoms with Crippen molar-refractivity contribution in [3.05, 3.63) is 164 Å². The fourth-order valence-electron chi connectivity index (χ4n) is 7.89. The standard InChI is InChI=1S/C46H27N3S/c1-3-13-28(14-4-1)40-27-41(29-15-5-2-6-16-29)48-46(47-40)49-42-21-11-9-19-32(42)38-23-34-30-17-7-8-18-31(30)35-24-39-33-20-10-12-22-44(33)50-45(39)26-37(35)36(34)25-43(38)49/h1-27H. The largest absolute Gasteiger partial charge is 0.278 e. The predicted octanol–water partition coefficient (Wildman–Crippen LogP) is 12.7. The molecule has 0 saturated carbocycles. The molecule has 0 N–H and O–H groups in total. The highest BCUT2D eigenvalue weighted by molar-refractivity contribution is 7.25. The van der Waals surface area contributed by atoms with Crippen molar-refractivity contribution in [3.8, 4) is 28.5 Å². The second-order valence-corrected chi connectivity index (χ2v) is 14.1. The Hall–Kier alpha value is -6.36. The van der Waals surface area contributed by atoms with Crippen LogP contribution in [0, 0.1) is 0 Å². The summed E-state index contributed by atoms with van der Waals surface area (Å²) in [4.78, 5) is 10.6. The quantitative estimate of drug-likeness (QED) is 0.178. The molecule has 0 radical (unpaired) electrons. The monoisotopic (exact) mass is 653 g/mol. The molecule has 0 spiro atoms. The average molecular weight is 654 g/mol. The number of rotatable bonds is 3. The van der Waals surface area contributed by atoms with Crippen LogP contribution in [0.4, 0.5) is 0 Å². The van der Waals surface area contributed by atoms with E-state index in [1.807, 2.05) is 23.5 Å². The number of aromatic nitrogens is 3. The normalized spacial score (nSPS) is 12.0. The zero-order valence-electron chi connectivity index (χ0n) is 26.8. The molecule has 11 aromatic rings. The first-order chi connectivity index (χ1) is 24.8. The van der Waals surface area contributed by atoms with E-state index in [1.165, 1.54) is 63.3 Å². The summed E-state index contributed by atoms with van der Waals surface area (Å²) in [5.41, 5.74) is 6.08. The van der Waals surface area contributed by atoms with Gasteiger partial charge in [0.15, 0.2) is 0 Å². The van der Waals surface area contributed by atoms with Gasteiger partial charge < -0.3 is 0 Å². The molecule has 11 rings (SSSR count). The van der Waals surface area contributed by atoms with E-state index >= 15 is 0 Å². The van der Waals surface area contributed by atoms with E-state index in [0.29, 0.717) is 5.95 Å². The summed E-state index contributed by atoms with van der Waals surface area (Å²) in [6.45, 7) is 0. The van der Waals surface area contributed by atoms with Crippen LogP contribution in [0.15, 0.2) is 164 Å². The van der Waals surface area contributed by atoms with Crippen molar-refractivity contribution in [1.82, 2.24) is 14.5 Å². The molecule has 8 aromatic carbocycles. The minimum Gasteiger partial charge on any atom is -0.278 e. The van der Waals surface area contributed by atoms with Gasteiger partial charge in [-0.05, 0) is 74.8 Å². The Balaban J connectivity index is 1.29.